The summed E-state index contributed by atoms with van der Waals surface area (Å²) in [7, 11) is 0. The molecular formula is C22H28FN5O3. The van der Waals surface area contributed by atoms with Crippen molar-refractivity contribution in [3.63, 3.8) is 0 Å². The minimum absolute atomic E-state index is 0.0653. The topological polar surface area (TPSA) is 98.4 Å². The minimum Gasteiger partial charge on any atom is -0.336 e. The van der Waals surface area contributed by atoms with Crippen LogP contribution >= 0.6 is 0 Å². The number of piperazine rings is 1. The summed E-state index contributed by atoms with van der Waals surface area (Å²) in [5.41, 5.74) is 0.256. The molecule has 1 aromatic heterocycles. The number of aromatic nitrogens is 2. The maximum absolute atomic E-state index is 13.0. The summed E-state index contributed by atoms with van der Waals surface area (Å²) < 4.78 is 13.0. The molecule has 0 spiro atoms. The lowest BCUT2D eigenvalue weighted by Crippen LogP contribution is -2.51. The van der Waals surface area contributed by atoms with Crippen LogP contribution in [-0.2, 0) is 10.2 Å². The maximum Gasteiger partial charge on any atom is 0.264 e. The first kappa shape index (κ1) is 22.6. The number of carbonyl (C=O) groups excluding carboxylic acids is 2. The molecule has 1 aromatic carbocycles. The fourth-order valence-electron chi connectivity index (χ4n) is 3.40. The number of aromatic amines is 1. The van der Waals surface area contributed by atoms with Gasteiger partial charge in [0.05, 0.1) is 12.2 Å². The molecule has 9 heteroatoms. The number of benzene rings is 1. The number of aryl methyl sites for hydroxylation is 1. The first-order valence-electron chi connectivity index (χ1n) is 10.2. The lowest BCUT2D eigenvalue weighted by Gasteiger charge is -2.34. The zero-order valence-corrected chi connectivity index (χ0v) is 18.3. The number of rotatable bonds is 4. The normalized spacial score (nSPS) is 15.1. The Kier molecular flexibility index (Phi) is 6.54. The average Bonchev–Trinajstić information content (AvgIpc) is 2.69. The largest absolute Gasteiger partial charge is 0.336 e. The molecule has 1 fully saturated rings. The van der Waals surface area contributed by atoms with Gasteiger partial charge in [-0.3, -0.25) is 19.3 Å². The predicted octanol–water partition coefficient (Wildman–Crippen LogP) is 1.91. The highest BCUT2D eigenvalue weighted by Crippen LogP contribution is 2.18. The van der Waals surface area contributed by atoms with Crippen molar-refractivity contribution in [3.8, 4) is 0 Å². The summed E-state index contributed by atoms with van der Waals surface area (Å²) in [5, 5.41) is 2.73. The molecule has 0 bridgehead atoms. The van der Waals surface area contributed by atoms with E-state index in [-0.39, 0.29) is 35.2 Å². The highest BCUT2D eigenvalue weighted by molar-refractivity contribution is 5.95. The Bertz CT molecular complexity index is 1020. The molecule has 0 atom stereocenters. The van der Waals surface area contributed by atoms with Gasteiger partial charge in [-0.2, -0.15) is 0 Å². The molecule has 1 aliphatic heterocycles. The van der Waals surface area contributed by atoms with E-state index in [9.17, 15) is 18.8 Å². The van der Waals surface area contributed by atoms with Crippen LogP contribution < -0.4 is 10.9 Å². The third-order valence-electron chi connectivity index (χ3n) is 5.18. The molecule has 2 aromatic rings. The van der Waals surface area contributed by atoms with E-state index >= 15 is 0 Å². The Hall–Kier alpha value is -3.07. The maximum atomic E-state index is 13.0. The number of H-pyrrole nitrogens is 1. The molecule has 1 aliphatic rings. The van der Waals surface area contributed by atoms with E-state index < -0.39 is 5.56 Å². The quantitative estimate of drug-likeness (QED) is 0.774. The van der Waals surface area contributed by atoms with Gasteiger partial charge in [0, 0.05) is 37.3 Å². The highest BCUT2D eigenvalue weighted by atomic mass is 19.1. The summed E-state index contributed by atoms with van der Waals surface area (Å²) in [6.07, 6.45) is 0. The second-order valence-electron chi connectivity index (χ2n) is 8.75. The fraction of sp³-hybridized carbons (Fsp3) is 0.455. The zero-order chi connectivity index (χ0) is 22.8. The van der Waals surface area contributed by atoms with Crippen LogP contribution in [-0.4, -0.2) is 64.3 Å². The van der Waals surface area contributed by atoms with Crippen LogP contribution in [0, 0.1) is 12.7 Å². The van der Waals surface area contributed by atoms with E-state index in [1.807, 2.05) is 25.7 Å². The second-order valence-corrected chi connectivity index (χ2v) is 8.75. The number of hydrogen-bond acceptors (Lipinski definition) is 5. The van der Waals surface area contributed by atoms with Crippen LogP contribution in [0.4, 0.5) is 10.1 Å². The molecule has 2 amide bonds. The smallest absolute Gasteiger partial charge is 0.264 e. The molecule has 2 N–H and O–H groups in total. The first-order valence-corrected chi connectivity index (χ1v) is 10.2. The molecule has 3 rings (SSSR count). The van der Waals surface area contributed by atoms with Crippen LogP contribution in [0.15, 0.2) is 29.1 Å². The van der Waals surface area contributed by atoms with Gasteiger partial charge in [-0.25, -0.2) is 9.37 Å². The van der Waals surface area contributed by atoms with Crippen molar-refractivity contribution in [1.82, 2.24) is 19.8 Å². The van der Waals surface area contributed by atoms with Crippen molar-refractivity contribution < 1.29 is 14.0 Å². The van der Waals surface area contributed by atoms with Gasteiger partial charge in [-0.1, -0.05) is 20.8 Å². The van der Waals surface area contributed by atoms with Gasteiger partial charge in [-0.15, -0.1) is 0 Å². The summed E-state index contributed by atoms with van der Waals surface area (Å²) in [6.45, 7) is 9.49. The van der Waals surface area contributed by atoms with Gasteiger partial charge < -0.3 is 15.2 Å². The van der Waals surface area contributed by atoms with E-state index in [4.69, 9.17) is 0 Å². The number of amides is 2. The summed E-state index contributed by atoms with van der Waals surface area (Å²) >= 11 is 0. The molecule has 0 aliphatic carbocycles. The Morgan fingerprint density at radius 1 is 1.13 bits per heavy atom. The molecule has 0 unspecified atom stereocenters. The third-order valence-corrected chi connectivity index (χ3v) is 5.18. The molecule has 1 saturated heterocycles. The van der Waals surface area contributed by atoms with Crippen molar-refractivity contribution >= 4 is 17.5 Å². The van der Waals surface area contributed by atoms with Crippen molar-refractivity contribution in [1.29, 1.82) is 0 Å². The average molecular weight is 429 g/mol. The Morgan fingerprint density at radius 2 is 1.74 bits per heavy atom. The van der Waals surface area contributed by atoms with Gasteiger partial charge in [0.25, 0.3) is 11.5 Å². The van der Waals surface area contributed by atoms with Gasteiger partial charge >= 0.3 is 0 Å². The number of hydrogen-bond donors (Lipinski definition) is 2. The summed E-state index contributed by atoms with van der Waals surface area (Å²) in [6, 6.07) is 5.57. The van der Waals surface area contributed by atoms with E-state index in [2.05, 4.69) is 15.3 Å². The van der Waals surface area contributed by atoms with Crippen molar-refractivity contribution in [2.24, 2.45) is 0 Å². The van der Waals surface area contributed by atoms with Crippen LogP contribution in [0.3, 0.4) is 0 Å². The van der Waals surface area contributed by atoms with Crippen molar-refractivity contribution in [2.75, 3.05) is 38.0 Å². The van der Waals surface area contributed by atoms with Crippen molar-refractivity contribution in [3.05, 3.63) is 57.5 Å². The van der Waals surface area contributed by atoms with E-state index in [1.54, 1.807) is 11.8 Å². The number of carbonyl (C=O) groups is 2. The van der Waals surface area contributed by atoms with Crippen LogP contribution in [0.25, 0.3) is 0 Å². The number of halogens is 1. The standard InChI is InChI=1S/C22H28FN5O3/c1-14-18(19(30)26-21(24-14)22(2,3)4)20(31)28-11-9-27(10-12-28)13-17(29)25-16-7-5-15(23)6-8-16/h5-8H,9-13H2,1-4H3,(H,25,29)(H,24,26,30). The third kappa shape index (κ3) is 5.55. The number of anilines is 1. The van der Waals surface area contributed by atoms with Crippen LogP contribution in [0.2, 0.25) is 0 Å². The molecule has 166 valence electrons. The van der Waals surface area contributed by atoms with E-state index in [0.29, 0.717) is 43.4 Å². The lowest BCUT2D eigenvalue weighted by atomic mass is 9.95. The molecule has 31 heavy (non-hydrogen) atoms. The van der Waals surface area contributed by atoms with Crippen LogP contribution in [0.5, 0.6) is 0 Å². The molecule has 8 nitrogen and oxygen atoms in total. The minimum atomic E-state index is -0.427. The Labute approximate surface area is 180 Å². The Morgan fingerprint density at radius 3 is 2.29 bits per heavy atom. The lowest BCUT2D eigenvalue weighted by molar-refractivity contribution is -0.117. The summed E-state index contributed by atoms with van der Waals surface area (Å²) in [4.78, 5) is 48.4. The Balaban J connectivity index is 1.58. The van der Waals surface area contributed by atoms with E-state index in [1.165, 1.54) is 24.3 Å². The molecular weight excluding hydrogens is 401 g/mol. The second kappa shape index (κ2) is 8.97. The van der Waals surface area contributed by atoms with Gasteiger partial charge in [0.2, 0.25) is 5.91 Å². The van der Waals surface area contributed by atoms with Gasteiger partial charge in [0.15, 0.2) is 0 Å². The number of nitrogens with zero attached hydrogens (tertiary/aromatic N) is 3. The van der Waals surface area contributed by atoms with Gasteiger partial charge in [-0.05, 0) is 31.2 Å². The number of nitrogens with one attached hydrogen (secondary N) is 2. The first-order chi connectivity index (χ1) is 14.5. The fourth-order valence-corrected chi connectivity index (χ4v) is 3.40. The monoisotopic (exact) mass is 429 g/mol. The zero-order valence-electron chi connectivity index (χ0n) is 18.3. The molecule has 0 radical (unpaired) electrons. The molecule has 0 saturated carbocycles. The van der Waals surface area contributed by atoms with Gasteiger partial charge in [0.1, 0.15) is 17.2 Å². The van der Waals surface area contributed by atoms with E-state index in [0.717, 1.165) is 0 Å². The highest BCUT2D eigenvalue weighted by Gasteiger charge is 2.28. The summed E-state index contributed by atoms with van der Waals surface area (Å²) in [5.74, 6) is -0.373. The van der Waals surface area contributed by atoms with Crippen LogP contribution in [0.1, 0.15) is 42.6 Å². The predicted molar refractivity (Wildman–Crippen MR) is 116 cm³/mol. The molecule has 2 heterocycles. The SMILES string of the molecule is Cc1nc(C(C)(C)C)[nH]c(=O)c1C(=O)N1CCN(CC(=O)Nc2ccc(F)cc2)CC1. The van der Waals surface area contributed by atoms with Crippen molar-refractivity contribution in [2.45, 2.75) is 33.1 Å².